The van der Waals surface area contributed by atoms with Crippen molar-refractivity contribution >= 4 is 8.32 Å². The number of benzene rings is 12. The Kier molecular flexibility index (Phi) is 39.1. The van der Waals surface area contributed by atoms with Crippen molar-refractivity contribution in [1.82, 2.24) is 0 Å². The van der Waals surface area contributed by atoms with E-state index in [1.165, 1.54) is 0 Å². The standard InChI is InChI=1S/C118H136O20Si/c1-84(2)139(85(3)4,86(5)6)132-83-103-108(125-74-94-56-32-14-33-57-94)112(129-78-98-64-40-18-41-65-98)115(138-117-113(130-79-99-66-42-19-43-67-99)110(127-76-96-60-36-16-37-61-96)105(122-71-91-50-26-11-27-51-91)101(135-117)81-120-69-89-46-22-9-23-47-89)118(136-103)137-114-111(128-77-97-62-38-17-39-63-97)106(123-72-92-52-28-12-29-53-92)100(80-119-68-88-44-20-8-21-45-88)134-116(114)131-82-102-107(124-73-93-54-30-13-31-55-93)109(126-75-95-58-34-15-35-59-95)104(87(7)133-102)121-70-90-48-24-10-25-49-90/h8-67,84-87,100-118H,68-83H2,1-7H3. The van der Waals surface area contributed by atoms with Gasteiger partial charge >= 0.3 is 0 Å². The van der Waals surface area contributed by atoms with E-state index in [2.05, 4.69) is 90.1 Å². The second-order valence-electron chi connectivity index (χ2n) is 37.3. The van der Waals surface area contributed by atoms with Crippen LogP contribution < -0.4 is 0 Å². The minimum Gasteiger partial charge on any atom is -0.413 e. The van der Waals surface area contributed by atoms with Crippen molar-refractivity contribution in [3.05, 3.63) is 431 Å². The van der Waals surface area contributed by atoms with Crippen LogP contribution in [0.25, 0.3) is 0 Å². The lowest BCUT2D eigenvalue weighted by molar-refractivity contribution is -0.406. The summed E-state index contributed by atoms with van der Waals surface area (Å²) in [6.07, 6.45) is -20.9. The van der Waals surface area contributed by atoms with Crippen LogP contribution in [0.2, 0.25) is 16.6 Å². The summed E-state index contributed by atoms with van der Waals surface area (Å²) in [5.74, 6) is 0. The van der Waals surface area contributed by atoms with E-state index < -0.39 is 131 Å². The van der Waals surface area contributed by atoms with Gasteiger partial charge in [0, 0.05) is 0 Å². The molecule has 4 saturated heterocycles. The fraction of sp³-hybridized carbons (Fsp3) is 0.390. The zero-order chi connectivity index (χ0) is 95.6. The molecule has 0 saturated carbocycles. The largest absolute Gasteiger partial charge is 0.413 e. The maximum Gasteiger partial charge on any atom is 0.200 e. The van der Waals surface area contributed by atoms with Crippen LogP contribution in [-0.4, -0.2) is 157 Å². The molecule has 0 aromatic heterocycles. The molecule has 0 spiro atoms. The van der Waals surface area contributed by atoms with Gasteiger partial charge in [-0.15, -0.1) is 0 Å². The molecule has 0 N–H and O–H groups in total. The van der Waals surface area contributed by atoms with Gasteiger partial charge in [0.2, 0.25) is 0 Å². The Bertz CT molecular complexity index is 5360. The van der Waals surface area contributed by atoms with Crippen molar-refractivity contribution in [3.8, 4) is 0 Å². The minimum absolute atomic E-state index is 0.000968. The van der Waals surface area contributed by atoms with Crippen LogP contribution in [0, 0.1) is 0 Å². The summed E-state index contributed by atoms with van der Waals surface area (Å²) < 4.78 is 153. The SMILES string of the molecule is CC1OC(COC2OC(COCc3ccccc3)C(OCc3ccccc3)C(OCc3ccccc3)C2OC2OC(CO[Si](C(C)C)(C(C)C)C(C)C)C(OCc3ccccc3)C(OCc3ccccc3)C2OC2OC(COCc3ccccc3)C(OCc3ccccc3)C(OCc3ccccc3)C2OCc2ccccc2)C(OCc2ccccc2)C(OCc2ccccc2)C1OCc1ccccc1. The second-order valence-corrected chi connectivity index (χ2v) is 42.7. The second kappa shape index (κ2) is 53.2. The zero-order valence-electron chi connectivity index (χ0n) is 80.9. The molecule has 0 radical (unpaired) electrons. The van der Waals surface area contributed by atoms with Crippen molar-refractivity contribution in [2.24, 2.45) is 0 Å². The third-order valence-corrected chi connectivity index (χ3v) is 32.6. The Hall–Kier alpha value is -9.94. The molecular weight excluding hydrogens is 1770 g/mol. The Labute approximate surface area is 822 Å². The van der Waals surface area contributed by atoms with Crippen LogP contribution >= 0.6 is 0 Å². The molecule has 4 heterocycles. The first kappa shape index (κ1) is 102. The van der Waals surface area contributed by atoms with Gasteiger partial charge in [-0.05, 0) is 90.3 Å². The average Bonchev–Trinajstić information content (AvgIpc) is 0.753. The Balaban J connectivity index is 0.885. The highest BCUT2D eigenvalue weighted by molar-refractivity contribution is 6.77. The number of ether oxygens (including phenoxy) is 19. The summed E-state index contributed by atoms with van der Waals surface area (Å²) >= 11 is 0. The topological polar surface area (TPSA) is 185 Å². The normalized spacial score (nSPS) is 25.1. The van der Waals surface area contributed by atoms with Gasteiger partial charge in [-0.3, -0.25) is 0 Å². The molecular formula is C118H136O20Si. The molecule has 0 amide bonds. The van der Waals surface area contributed by atoms with E-state index in [1.54, 1.807) is 0 Å². The summed E-state index contributed by atoms with van der Waals surface area (Å²) in [5.41, 5.74) is 11.6. The highest BCUT2D eigenvalue weighted by Crippen LogP contribution is 2.46. The number of hydrogen-bond donors (Lipinski definition) is 0. The quantitative estimate of drug-likeness (QED) is 0.0328. The molecule has 21 heteroatoms. The van der Waals surface area contributed by atoms with Crippen molar-refractivity contribution in [2.75, 3.05) is 26.4 Å². The smallest absolute Gasteiger partial charge is 0.200 e. The monoisotopic (exact) mass is 1900 g/mol. The van der Waals surface area contributed by atoms with Gasteiger partial charge < -0.3 is 94.4 Å². The molecule has 139 heavy (non-hydrogen) atoms. The molecule has 20 atom stereocenters. The molecule has 732 valence electrons. The molecule has 0 aliphatic carbocycles. The zero-order valence-corrected chi connectivity index (χ0v) is 81.9. The van der Waals surface area contributed by atoms with E-state index in [1.807, 2.05) is 322 Å². The van der Waals surface area contributed by atoms with Crippen LogP contribution in [0.3, 0.4) is 0 Å². The van der Waals surface area contributed by atoms with Gasteiger partial charge in [-0.2, -0.15) is 0 Å². The summed E-state index contributed by atoms with van der Waals surface area (Å²) in [6, 6.07) is 121. The van der Waals surface area contributed by atoms with Gasteiger partial charge in [0.05, 0.1) is 112 Å². The van der Waals surface area contributed by atoms with Crippen molar-refractivity contribution < 1.29 is 94.4 Å². The van der Waals surface area contributed by atoms with Gasteiger partial charge in [-0.1, -0.05) is 406 Å². The van der Waals surface area contributed by atoms with Gasteiger partial charge in [0.15, 0.2) is 27.2 Å². The van der Waals surface area contributed by atoms with E-state index >= 15 is 0 Å². The summed E-state index contributed by atoms with van der Waals surface area (Å²) in [7, 11) is -2.82. The summed E-state index contributed by atoms with van der Waals surface area (Å²) in [5, 5.41) is 0. The third-order valence-electron chi connectivity index (χ3n) is 26.5. The van der Waals surface area contributed by atoms with Gasteiger partial charge in [-0.25, -0.2) is 0 Å². The Morgan fingerprint density at radius 1 is 0.194 bits per heavy atom. The average molecular weight is 1900 g/mol. The lowest BCUT2D eigenvalue weighted by Crippen LogP contribution is -2.69. The van der Waals surface area contributed by atoms with Gasteiger partial charge in [0.1, 0.15) is 97.7 Å². The first-order chi connectivity index (χ1) is 68.3. The molecule has 20 unspecified atom stereocenters. The molecule has 4 aliphatic rings. The maximum absolute atomic E-state index is 8.42. The number of hydrogen-bond acceptors (Lipinski definition) is 20. The summed E-state index contributed by atoms with van der Waals surface area (Å²) in [6.45, 7) is 17.6. The maximum atomic E-state index is 8.42. The molecule has 20 nitrogen and oxygen atoms in total. The fourth-order valence-electron chi connectivity index (χ4n) is 19.5. The van der Waals surface area contributed by atoms with Crippen LogP contribution in [0.15, 0.2) is 364 Å². The molecule has 0 bridgehead atoms. The Morgan fingerprint density at radius 2 is 0.388 bits per heavy atom. The van der Waals surface area contributed by atoms with Gasteiger partial charge in [0.25, 0.3) is 0 Å². The lowest BCUT2D eigenvalue weighted by Gasteiger charge is -2.52. The van der Waals surface area contributed by atoms with E-state index in [0.717, 1.165) is 66.8 Å². The van der Waals surface area contributed by atoms with E-state index in [0.29, 0.717) is 0 Å². The minimum atomic E-state index is -2.82. The Morgan fingerprint density at radius 3 is 0.655 bits per heavy atom. The fourth-order valence-corrected chi connectivity index (χ4v) is 25.0. The van der Waals surface area contributed by atoms with Crippen molar-refractivity contribution in [1.29, 1.82) is 0 Å². The van der Waals surface area contributed by atoms with Crippen molar-refractivity contribution in [3.63, 3.8) is 0 Å². The number of rotatable bonds is 51. The van der Waals surface area contributed by atoms with Crippen LogP contribution in [0.4, 0.5) is 0 Å². The van der Waals surface area contributed by atoms with E-state index in [9.17, 15) is 0 Å². The van der Waals surface area contributed by atoms with E-state index in [-0.39, 0.29) is 122 Å². The van der Waals surface area contributed by atoms with Crippen LogP contribution in [-0.2, 0) is 174 Å². The highest BCUT2D eigenvalue weighted by Gasteiger charge is 2.60. The highest BCUT2D eigenvalue weighted by atomic mass is 28.4. The molecule has 4 fully saturated rings. The van der Waals surface area contributed by atoms with Crippen LogP contribution in [0.1, 0.15) is 115 Å². The van der Waals surface area contributed by atoms with Crippen molar-refractivity contribution in [2.45, 2.75) is 267 Å². The predicted molar refractivity (Wildman–Crippen MR) is 535 cm³/mol. The molecule has 12 aromatic carbocycles. The first-order valence-corrected chi connectivity index (χ1v) is 51.4. The third kappa shape index (κ3) is 29.0. The molecule has 4 aliphatic heterocycles. The van der Waals surface area contributed by atoms with E-state index in [4.69, 9.17) is 94.4 Å². The predicted octanol–water partition coefficient (Wildman–Crippen LogP) is 22.2. The first-order valence-electron chi connectivity index (χ1n) is 49.3. The van der Waals surface area contributed by atoms with Crippen LogP contribution in [0.5, 0.6) is 0 Å². The molecule has 16 rings (SSSR count). The molecule has 12 aromatic rings. The lowest BCUT2D eigenvalue weighted by atomic mass is 9.94. The summed E-state index contributed by atoms with van der Waals surface area (Å²) in [4.78, 5) is 0.